The van der Waals surface area contributed by atoms with Gasteiger partial charge in [-0.15, -0.1) is 28.2 Å². The lowest BCUT2D eigenvalue weighted by atomic mass is 10.0. The summed E-state index contributed by atoms with van der Waals surface area (Å²) in [5, 5.41) is 28.1. The van der Waals surface area contributed by atoms with E-state index in [2.05, 4.69) is 30.9 Å². The van der Waals surface area contributed by atoms with Gasteiger partial charge in [-0.1, -0.05) is 16.9 Å². The number of amides is 2. The highest BCUT2D eigenvalue weighted by Gasteiger charge is 2.54. The molecular formula is C17H19N9O5S3. The van der Waals surface area contributed by atoms with Gasteiger partial charge in [0, 0.05) is 23.4 Å². The number of fused-ring (bicyclic) bond motifs is 1. The van der Waals surface area contributed by atoms with E-state index in [0.717, 1.165) is 11.3 Å². The van der Waals surface area contributed by atoms with Crippen molar-refractivity contribution < 1.29 is 24.3 Å². The Morgan fingerprint density at radius 2 is 2.29 bits per heavy atom. The van der Waals surface area contributed by atoms with Crippen LogP contribution in [0, 0.1) is 0 Å². The number of carboxylic acids is 1. The first-order valence-electron chi connectivity index (χ1n) is 9.71. The van der Waals surface area contributed by atoms with E-state index in [4.69, 9.17) is 16.3 Å². The van der Waals surface area contributed by atoms with Crippen LogP contribution in [0.3, 0.4) is 0 Å². The third-order valence-corrected chi connectivity index (χ3v) is 7.67. The van der Waals surface area contributed by atoms with Crippen LogP contribution < -0.4 is 16.8 Å². The molecule has 4 heterocycles. The van der Waals surface area contributed by atoms with Gasteiger partial charge in [-0.05, 0) is 5.57 Å². The average Bonchev–Trinajstić information content (AvgIpc) is 3.49. The second-order valence-electron chi connectivity index (χ2n) is 6.85. The minimum absolute atomic E-state index is 0.0763. The van der Waals surface area contributed by atoms with Gasteiger partial charge in [0.2, 0.25) is 0 Å². The van der Waals surface area contributed by atoms with Gasteiger partial charge in [0.15, 0.2) is 10.8 Å². The molecule has 0 radical (unpaired) electrons. The van der Waals surface area contributed by atoms with E-state index in [1.807, 2.05) is 0 Å². The minimum Gasteiger partial charge on any atom is -0.477 e. The number of carboxylic acid groups (broad SMARTS) is 1. The molecule has 1 fully saturated rings. The molecular weight excluding hydrogens is 506 g/mol. The molecule has 2 atom stereocenters. The highest BCUT2D eigenvalue weighted by Crippen LogP contribution is 2.41. The SMILES string of the molecule is NCCON=C(C(=O)NC1C(=O)N2C(C(=O)O)=C(CSc3cn[nH]n3)CS[C@H]12)c1csc(N)n1. The van der Waals surface area contributed by atoms with Gasteiger partial charge in [-0.3, -0.25) is 14.5 Å². The number of rotatable bonds is 10. The molecule has 2 amide bonds. The van der Waals surface area contributed by atoms with Crippen molar-refractivity contribution in [1.29, 1.82) is 0 Å². The number of aliphatic carboxylic acids is 1. The molecule has 1 unspecified atom stereocenters. The molecule has 2 aromatic rings. The fourth-order valence-corrected chi connectivity index (χ4v) is 6.01. The number of aromatic amines is 1. The smallest absolute Gasteiger partial charge is 0.352 e. The zero-order chi connectivity index (χ0) is 24.2. The van der Waals surface area contributed by atoms with Crippen molar-refractivity contribution in [3.05, 3.63) is 28.5 Å². The van der Waals surface area contributed by atoms with E-state index in [-0.39, 0.29) is 35.4 Å². The molecule has 2 aliphatic heterocycles. The Labute approximate surface area is 204 Å². The first-order chi connectivity index (χ1) is 16.4. The summed E-state index contributed by atoms with van der Waals surface area (Å²) < 4.78 is 0. The quantitative estimate of drug-likeness (QED) is 0.0834. The molecule has 34 heavy (non-hydrogen) atoms. The molecule has 0 spiro atoms. The van der Waals surface area contributed by atoms with Crippen molar-refractivity contribution in [3.63, 3.8) is 0 Å². The van der Waals surface area contributed by atoms with E-state index in [0.29, 0.717) is 22.1 Å². The summed E-state index contributed by atoms with van der Waals surface area (Å²) in [7, 11) is 0. The van der Waals surface area contributed by atoms with Crippen molar-refractivity contribution in [2.45, 2.75) is 16.4 Å². The number of thiazole rings is 1. The summed E-state index contributed by atoms with van der Waals surface area (Å²) in [4.78, 5) is 48.1. The Kier molecular flexibility index (Phi) is 7.35. The van der Waals surface area contributed by atoms with Crippen molar-refractivity contribution in [3.8, 4) is 0 Å². The monoisotopic (exact) mass is 525 g/mol. The number of thioether (sulfide) groups is 2. The van der Waals surface area contributed by atoms with Crippen LogP contribution >= 0.6 is 34.9 Å². The van der Waals surface area contributed by atoms with Gasteiger partial charge in [0.05, 0.1) is 6.20 Å². The molecule has 2 aliphatic rings. The summed E-state index contributed by atoms with van der Waals surface area (Å²) >= 11 is 3.78. The standard InChI is InChI=1S/C17H19N9O5S3/c18-1-2-31-24-10(8-6-34-17(19)21-8)13(27)22-11-14(28)26-12(16(29)30)7(5-33-15(11)26)4-32-9-3-20-25-23-9/h3,6,11,15H,1-2,4-5,18H2,(H2,19,21)(H,22,27)(H,29,30)(H,20,23,25)/t11?,15-/m1/s1. The third kappa shape index (κ3) is 4.86. The van der Waals surface area contributed by atoms with E-state index in [9.17, 15) is 19.5 Å². The second kappa shape index (κ2) is 10.4. The molecule has 4 rings (SSSR count). The largest absolute Gasteiger partial charge is 0.477 e. The summed E-state index contributed by atoms with van der Waals surface area (Å²) in [5.74, 6) is -1.75. The van der Waals surface area contributed by atoms with Crippen LogP contribution in [0.5, 0.6) is 0 Å². The number of β-lactam (4-membered cyclic amide) rings is 1. The molecule has 7 N–H and O–H groups in total. The van der Waals surface area contributed by atoms with Gasteiger partial charge in [-0.25, -0.2) is 9.78 Å². The van der Waals surface area contributed by atoms with Crippen LogP contribution in [-0.4, -0.2) is 90.0 Å². The Balaban J connectivity index is 1.49. The number of H-pyrrole nitrogens is 1. The van der Waals surface area contributed by atoms with E-state index in [1.165, 1.54) is 40.0 Å². The zero-order valence-corrected chi connectivity index (χ0v) is 19.8. The Hall–Kier alpha value is -3.15. The summed E-state index contributed by atoms with van der Waals surface area (Å²) in [6.07, 6.45) is 1.52. The topological polar surface area (TPSA) is 215 Å². The summed E-state index contributed by atoms with van der Waals surface area (Å²) in [6, 6.07) is -0.938. The number of nitrogens with one attached hydrogen (secondary N) is 2. The molecule has 2 aromatic heterocycles. The number of aromatic nitrogens is 4. The predicted molar refractivity (Wildman–Crippen MR) is 125 cm³/mol. The van der Waals surface area contributed by atoms with Gasteiger partial charge < -0.3 is 26.7 Å². The molecule has 14 nitrogen and oxygen atoms in total. The van der Waals surface area contributed by atoms with Crippen LogP contribution in [0.15, 0.2) is 33.0 Å². The van der Waals surface area contributed by atoms with Gasteiger partial charge >= 0.3 is 5.97 Å². The fourth-order valence-electron chi connectivity index (χ4n) is 3.19. The van der Waals surface area contributed by atoms with Crippen molar-refractivity contribution >= 4 is 63.5 Å². The summed E-state index contributed by atoms with van der Waals surface area (Å²) in [5.41, 5.74) is 11.6. The molecule has 180 valence electrons. The lowest BCUT2D eigenvalue weighted by Gasteiger charge is -2.49. The van der Waals surface area contributed by atoms with Crippen LogP contribution in [0.25, 0.3) is 0 Å². The molecule has 0 aromatic carbocycles. The number of nitrogens with zero attached hydrogens (tertiary/aromatic N) is 5. The maximum Gasteiger partial charge on any atom is 0.352 e. The maximum absolute atomic E-state index is 12.9. The lowest BCUT2D eigenvalue weighted by molar-refractivity contribution is -0.150. The number of hydrogen-bond donors (Lipinski definition) is 5. The number of nitrogen functional groups attached to an aromatic ring is 1. The molecule has 0 saturated carbocycles. The van der Waals surface area contributed by atoms with E-state index >= 15 is 0 Å². The molecule has 0 aliphatic carbocycles. The lowest BCUT2D eigenvalue weighted by Crippen LogP contribution is -2.71. The Morgan fingerprint density at radius 1 is 1.47 bits per heavy atom. The molecule has 1 saturated heterocycles. The van der Waals surface area contributed by atoms with Crippen LogP contribution in [-0.2, 0) is 19.2 Å². The maximum atomic E-state index is 12.9. The van der Waals surface area contributed by atoms with Gasteiger partial charge in [0.25, 0.3) is 11.8 Å². The van der Waals surface area contributed by atoms with Crippen LogP contribution in [0.1, 0.15) is 5.69 Å². The zero-order valence-electron chi connectivity index (χ0n) is 17.3. The van der Waals surface area contributed by atoms with Crippen LogP contribution in [0.2, 0.25) is 0 Å². The highest BCUT2D eigenvalue weighted by atomic mass is 32.2. The first-order valence-corrected chi connectivity index (χ1v) is 12.6. The second-order valence-corrected chi connectivity index (χ2v) is 9.84. The van der Waals surface area contributed by atoms with Crippen LogP contribution in [0.4, 0.5) is 5.13 Å². The van der Waals surface area contributed by atoms with Gasteiger partial charge in [0.1, 0.15) is 34.4 Å². The molecule has 17 heteroatoms. The Morgan fingerprint density at radius 3 is 2.94 bits per heavy atom. The minimum atomic E-state index is -1.21. The first kappa shape index (κ1) is 24.0. The highest BCUT2D eigenvalue weighted by molar-refractivity contribution is 8.01. The average molecular weight is 526 g/mol. The third-order valence-electron chi connectivity index (χ3n) is 4.67. The predicted octanol–water partition coefficient (Wildman–Crippen LogP) is -0.946. The van der Waals surface area contributed by atoms with Crippen molar-refractivity contribution in [2.75, 3.05) is 30.4 Å². The number of nitrogens with two attached hydrogens (primary N) is 2. The van der Waals surface area contributed by atoms with Crippen molar-refractivity contribution in [1.82, 2.24) is 30.6 Å². The number of carbonyl (C=O) groups excluding carboxylic acids is 2. The van der Waals surface area contributed by atoms with E-state index in [1.54, 1.807) is 0 Å². The number of hydrogen-bond acceptors (Lipinski definition) is 13. The van der Waals surface area contributed by atoms with Crippen molar-refractivity contribution in [2.24, 2.45) is 10.9 Å². The summed E-state index contributed by atoms with van der Waals surface area (Å²) in [6.45, 7) is 0.265. The number of anilines is 1. The van der Waals surface area contributed by atoms with E-state index < -0.39 is 29.2 Å². The van der Waals surface area contributed by atoms with Gasteiger partial charge in [-0.2, -0.15) is 10.3 Å². The Bertz CT molecular complexity index is 1150. The number of carbonyl (C=O) groups is 3. The number of oxime groups is 1. The molecule has 0 bridgehead atoms. The normalized spacial score (nSPS) is 20.1. The fraction of sp³-hybridized carbons (Fsp3) is 0.353.